The Morgan fingerprint density at radius 3 is 2.81 bits per heavy atom. The molecule has 0 aliphatic heterocycles. The first-order valence-electron chi connectivity index (χ1n) is 5.10. The highest BCUT2D eigenvalue weighted by Crippen LogP contribution is 2.22. The van der Waals surface area contributed by atoms with Crippen molar-refractivity contribution in [2.75, 3.05) is 13.2 Å². The van der Waals surface area contributed by atoms with E-state index in [4.69, 9.17) is 14.7 Å². The summed E-state index contributed by atoms with van der Waals surface area (Å²) in [5, 5.41) is 8.81. The van der Waals surface area contributed by atoms with Crippen molar-refractivity contribution in [3.8, 4) is 11.8 Å². The van der Waals surface area contributed by atoms with E-state index in [2.05, 4.69) is 22.0 Å². The van der Waals surface area contributed by atoms with Gasteiger partial charge in [0.05, 0.1) is 18.2 Å². The van der Waals surface area contributed by atoms with Gasteiger partial charge in [-0.05, 0) is 32.0 Å². The quantitative estimate of drug-likeness (QED) is 0.834. The van der Waals surface area contributed by atoms with Gasteiger partial charge in [-0.15, -0.1) is 0 Å². The normalized spacial score (nSPS) is 11.9. The first-order chi connectivity index (χ1) is 7.65. The number of hydrogen-bond donors (Lipinski definition) is 0. The zero-order valence-corrected chi connectivity index (χ0v) is 11.0. The van der Waals surface area contributed by atoms with Crippen molar-refractivity contribution < 1.29 is 9.47 Å². The minimum atomic E-state index is -0.0270. The number of nitriles is 1. The highest BCUT2D eigenvalue weighted by atomic mass is 79.9. The molecule has 1 atom stereocenters. The molecule has 86 valence electrons. The van der Waals surface area contributed by atoms with Crippen molar-refractivity contribution in [2.24, 2.45) is 0 Å². The maximum absolute atomic E-state index is 8.81. The molecule has 0 N–H and O–H groups in total. The Bertz CT molecular complexity index is 387. The third kappa shape index (κ3) is 4.21. The predicted molar refractivity (Wildman–Crippen MR) is 65.4 cm³/mol. The van der Waals surface area contributed by atoms with Crippen LogP contribution in [0.2, 0.25) is 0 Å². The highest BCUT2D eigenvalue weighted by molar-refractivity contribution is 9.10. The predicted octanol–water partition coefficient (Wildman–Crippen LogP) is 3.12. The summed E-state index contributed by atoms with van der Waals surface area (Å²) in [6.07, 6.45) is -0.0270. The Morgan fingerprint density at radius 1 is 1.44 bits per heavy atom. The molecule has 0 aromatic heterocycles. The van der Waals surface area contributed by atoms with Crippen molar-refractivity contribution in [1.29, 1.82) is 5.26 Å². The molecular weight excluding hydrogens is 270 g/mol. The van der Waals surface area contributed by atoms with Crippen molar-refractivity contribution in [2.45, 2.75) is 20.0 Å². The van der Waals surface area contributed by atoms with Gasteiger partial charge in [0.1, 0.15) is 11.9 Å². The topological polar surface area (TPSA) is 42.2 Å². The van der Waals surface area contributed by atoms with Gasteiger partial charge in [0.25, 0.3) is 0 Å². The average molecular weight is 284 g/mol. The van der Waals surface area contributed by atoms with Crippen molar-refractivity contribution in [3.05, 3.63) is 28.2 Å². The van der Waals surface area contributed by atoms with E-state index in [1.165, 1.54) is 0 Å². The largest absolute Gasteiger partial charge is 0.488 e. The summed E-state index contributed by atoms with van der Waals surface area (Å²) in [4.78, 5) is 0. The minimum Gasteiger partial charge on any atom is -0.488 e. The van der Waals surface area contributed by atoms with Gasteiger partial charge in [0.15, 0.2) is 0 Å². The Kier molecular flexibility index (Phi) is 5.30. The fraction of sp³-hybridized carbons (Fsp3) is 0.417. The van der Waals surface area contributed by atoms with Crippen LogP contribution in [0.5, 0.6) is 5.75 Å². The number of rotatable bonds is 5. The van der Waals surface area contributed by atoms with Crippen LogP contribution in [0.25, 0.3) is 0 Å². The molecule has 16 heavy (non-hydrogen) atoms. The van der Waals surface area contributed by atoms with Gasteiger partial charge in [-0.25, -0.2) is 0 Å². The molecule has 1 aromatic rings. The molecule has 4 heteroatoms. The van der Waals surface area contributed by atoms with E-state index in [0.717, 1.165) is 4.47 Å². The SMILES string of the molecule is CCOCC(C)Oc1cc(Br)cc(C#N)c1. The van der Waals surface area contributed by atoms with Crippen LogP contribution in [-0.4, -0.2) is 19.3 Å². The maximum Gasteiger partial charge on any atom is 0.122 e. The summed E-state index contributed by atoms with van der Waals surface area (Å²) in [6.45, 7) is 5.10. The Labute approximate surface area is 104 Å². The Hall–Kier alpha value is -1.05. The minimum absolute atomic E-state index is 0.0270. The summed E-state index contributed by atoms with van der Waals surface area (Å²) in [7, 11) is 0. The van der Waals surface area contributed by atoms with Crippen LogP contribution in [-0.2, 0) is 4.74 Å². The molecule has 0 saturated heterocycles. The number of nitrogens with zero attached hydrogens (tertiary/aromatic N) is 1. The summed E-state index contributed by atoms with van der Waals surface area (Å²) >= 11 is 3.33. The van der Waals surface area contributed by atoms with E-state index in [0.29, 0.717) is 24.5 Å². The van der Waals surface area contributed by atoms with Gasteiger partial charge in [-0.1, -0.05) is 15.9 Å². The zero-order chi connectivity index (χ0) is 12.0. The first kappa shape index (κ1) is 13.0. The van der Waals surface area contributed by atoms with Crippen LogP contribution in [0.1, 0.15) is 19.4 Å². The van der Waals surface area contributed by atoms with E-state index in [-0.39, 0.29) is 6.10 Å². The molecule has 1 unspecified atom stereocenters. The second kappa shape index (κ2) is 6.51. The summed E-state index contributed by atoms with van der Waals surface area (Å²) < 4.78 is 11.7. The average Bonchev–Trinajstić information content (AvgIpc) is 2.25. The fourth-order valence-electron chi connectivity index (χ4n) is 1.25. The molecule has 3 nitrogen and oxygen atoms in total. The van der Waals surface area contributed by atoms with Crippen LogP contribution >= 0.6 is 15.9 Å². The molecule has 0 bridgehead atoms. The third-order valence-electron chi connectivity index (χ3n) is 1.89. The Morgan fingerprint density at radius 2 is 2.19 bits per heavy atom. The molecule has 1 rings (SSSR count). The molecule has 0 spiro atoms. The lowest BCUT2D eigenvalue weighted by Crippen LogP contribution is -2.19. The number of halogens is 1. The third-order valence-corrected chi connectivity index (χ3v) is 2.35. The Balaban J connectivity index is 2.66. The van der Waals surface area contributed by atoms with E-state index in [1.807, 2.05) is 19.9 Å². The van der Waals surface area contributed by atoms with Gasteiger partial charge in [0, 0.05) is 11.1 Å². The molecule has 0 aliphatic carbocycles. The standard InChI is InChI=1S/C12H14BrNO2/c1-3-15-8-9(2)16-12-5-10(7-14)4-11(13)6-12/h4-6,9H,3,8H2,1-2H3. The second-order valence-electron chi connectivity index (χ2n) is 3.38. The van der Waals surface area contributed by atoms with Crippen LogP contribution in [0.15, 0.2) is 22.7 Å². The van der Waals surface area contributed by atoms with E-state index in [9.17, 15) is 0 Å². The number of hydrogen-bond acceptors (Lipinski definition) is 3. The summed E-state index contributed by atoms with van der Waals surface area (Å²) in [5.41, 5.74) is 0.577. The van der Waals surface area contributed by atoms with Crippen LogP contribution in [0.3, 0.4) is 0 Å². The molecule has 0 heterocycles. The van der Waals surface area contributed by atoms with E-state index >= 15 is 0 Å². The molecule has 0 fully saturated rings. The van der Waals surface area contributed by atoms with Gasteiger partial charge < -0.3 is 9.47 Å². The lowest BCUT2D eigenvalue weighted by Gasteiger charge is -2.14. The summed E-state index contributed by atoms with van der Waals surface area (Å²) in [6, 6.07) is 7.39. The van der Waals surface area contributed by atoms with Crippen LogP contribution in [0, 0.1) is 11.3 Å². The van der Waals surface area contributed by atoms with Gasteiger partial charge in [0.2, 0.25) is 0 Å². The zero-order valence-electron chi connectivity index (χ0n) is 9.37. The molecule has 0 amide bonds. The van der Waals surface area contributed by atoms with Crippen molar-refractivity contribution in [1.82, 2.24) is 0 Å². The molecule has 0 radical (unpaired) electrons. The molecule has 0 aliphatic rings. The van der Waals surface area contributed by atoms with Crippen molar-refractivity contribution >= 4 is 15.9 Å². The number of benzene rings is 1. The summed E-state index contributed by atoms with van der Waals surface area (Å²) in [5.74, 6) is 0.679. The maximum atomic E-state index is 8.81. The van der Waals surface area contributed by atoms with Crippen LogP contribution in [0.4, 0.5) is 0 Å². The smallest absolute Gasteiger partial charge is 0.122 e. The highest BCUT2D eigenvalue weighted by Gasteiger charge is 2.05. The molecule has 1 aromatic carbocycles. The van der Waals surface area contributed by atoms with Crippen LogP contribution < -0.4 is 4.74 Å². The fourth-order valence-corrected chi connectivity index (χ4v) is 1.72. The monoisotopic (exact) mass is 283 g/mol. The lowest BCUT2D eigenvalue weighted by atomic mass is 10.2. The lowest BCUT2D eigenvalue weighted by molar-refractivity contribution is 0.0657. The van der Waals surface area contributed by atoms with E-state index in [1.54, 1.807) is 12.1 Å². The number of ether oxygens (including phenoxy) is 2. The van der Waals surface area contributed by atoms with Gasteiger partial charge in [-0.3, -0.25) is 0 Å². The molecule has 0 saturated carbocycles. The van der Waals surface area contributed by atoms with Gasteiger partial charge in [-0.2, -0.15) is 5.26 Å². The van der Waals surface area contributed by atoms with Gasteiger partial charge >= 0.3 is 0 Å². The van der Waals surface area contributed by atoms with E-state index < -0.39 is 0 Å². The first-order valence-corrected chi connectivity index (χ1v) is 5.90. The second-order valence-corrected chi connectivity index (χ2v) is 4.29. The molecular formula is C12H14BrNO2. The van der Waals surface area contributed by atoms with Crippen molar-refractivity contribution in [3.63, 3.8) is 0 Å².